The summed E-state index contributed by atoms with van der Waals surface area (Å²) in [6.07, 6.45) is 4.01. The maximum absolute atomic E-state index is 12.2. The van der Waals surface area contributed by atoms with Crippen molar-refractivity contribution in [2.45, 2.75) is 32.0 Å². The van der Waals surface area contributed by atoms with Gasteiger partial charge in [-0.25, -0.2) is 0 Å². The lowest BCUT2D eigenvalue weighted by Crippen LogP contribution is -2.59. The zero-order chi connectivity index (χ0) is 13.8. The Morgan fingerprint density at radius 2 is 2.11 bits per heavy atom. The molecule has 0 aromatic carbocycles. The second-order valence-corrected chi connectivity index (χ2v) is 5.12. The molecule has 5 nitrogen and oxygen atoms in total. The SMILES string of the molecule is CC1CN(C)C(=O)C(CCO)N1Cc1ccncc1. The molecule has 1 saturated heterocycles. The number of hydrogen-bond donors (Lipinski definition) is 1. The molecule has 5 heteroatoms. The van der Waals surface area contributed by atoms with E-state index in [1.807, 2.05) is 19.2 Å². The van der Waals surface area contributed by atoms with Crippen molar-refractivity contribution in [2.75, 3.05) is 20.2 Å². The summed E-state index contributed by atoms with van der Waals surface area (Å²) >= 11 is 0. The van der Waals surface area contributed by atoms with Gasteiger partial charge in [-0.15, -0.1) is 0 Å². The number of rotatable bonds is 4. The van der Waals surface area contributed by atoms with Gasteiger partial charge in [0, 0.05) is 45.2 Å². The Balaban J connectivity index is 2.17. The van der Waals surface area contributed by atoms with Crippen LogP contribution < -0.4 is 0 Å². The first-order valence-electron chi connectivity index (χ1n) is 6.64. The predicted molar refractivity (Wildman–Crippen MR) is 72.4 cm³/mol. The molecule has 1 aliphatic rings. The molecule has 0 bridgehead atoms. The van der Waals surface area contributed by atoms with E-state index >= 15 is 0 Å². The second kappa shape index (κ2) is 6.12. The Hall–Kier alpha value is -1.46. The Morgan fingerprint density at radius 3 is 2.74 bits per heavy atom. The molecule has 1 aromatic heterocycles. The van der Waals surface area contributed by atoms with Crippen LogP contribution >= 0.6 is 0 Å². The minimum atomic E-state index is -0.230. The fourth-order valence-corrected chi connectivity index (χ4v) is 2.67. The number of pyridine rings is 1. The average Bonchev–Trinajstić information content (AvgIpc) is 2.41. The lowest BCUT2D eigenvalue weighted by atomic mass is 10.0. The monoisotopic (exact) mass is 263 g/mol. The minimum Gasteiger partial charge on any atom is -0.396 e. The third-order valence-corrected chi connectivity index (χ3v) is 3.68. The Morgan fingerprint density at radius 1 is 1.42 bits per heavy atom. The zero-order valence-corrected chi connectivity index (χ0v) is 11.5. The van der Waals surface area contributed by atoms with E-state index in [2.05, 4.69) is 16.8 Å². The van der Waals surface area contributed by atoms with Crippen molar-refractivity contribution in [2.24, 2.45) is 0 Å². The summed E-state index contributed by atoms with van der Waals surface area (Å²) in [5.41, 5.74) is 1.14. The second-order valence-electron chi connectivity index (χ2n) is 5.12. The number of nitrogens with zero attached hydrogens (tertiary/aromatic N) is 3. The van der Waals surface area contributed by atoms with Crippen molar-refractivity contribution < 1.29 is 9.90 Å². The maximum atomic E-state index is 12.2. The molecule has 1 N–H and O–H groups in total. The molecule has 104 valence electrons. The lowest BCUT2D eigenvalue weighted by Gasteiger charge is -2.43. The summed E-state index contributed by atoms with van der Waals surface area (Å²) in [6, 6.07) is 3.98. The predicted octanol–water partition coefficient (Wildman–Crippen LogP) is 0.495. The van der Waals surface area contributed by atoms with Gasteiger partial charge in [0.2, 0.25) is 5.91 Å². The number of likely N-dealkylation sites (N-methyl/N-ethyl adjacent to an activating group) is 1. The summed E-state index contributed by atoms with van der Waals surface area (Å²) in [7, 11) is 1.83. The number of carbonyl (C=O) groups excluding carboxylic acids is 1. The molecular formula is C14H21N3O2. The zero-order valence-electron chi connectivity index (χ0n) is 11.5. The van der Waals surface area contributed by atoms with Gasteiger partial charge in [0.05, 0.1) is 6.04 Å². The smallest absolute Gasteiger partial charge is 0.239 e. The highest BCUT2D eigenvalue weighted by molar-refractivity contribution is 5.82. The molecule has 2 heterocycles. The summed E-state index contributed by atoms with van der Waals surface area (Å²) in [6.45, 7) is 3.60. The third-order valence-electron chi connectivity index (χ3n) is 3.68. The number of aromatic nitrogens is 1. The highest BCUT2D eigenvalue weighted by atomic mass is 16.3. The molecule has 0 aliphatic carbocycles. The van der Waals surface area contributed by atoms with Crippen molar-refractivity contribution in [3.8, 4) is 0 Å². The topological polar surface area (TPSA) is 56.7 Å². The summed E-state index contributed by atoms with van der Waals surface area (Å²) in [5.74, 6) is 0.0983. The van der Waals surface area contributed by atoms with Crippen molar-refractivity contribution in [3.05, 3.63) is 30.1 Å². The number of piperazine rings is 1. The van der Waals surface area contributed by atoms with Crippen molar-refractivity contribution in [1.29, 1.82) is 0 Å². The van der Waals surface area contributed by atoms with Crippen LogP contribution in [0.1, 0.15) is 18.9 Å². The standard InChI is InChI=1S/C14H21N3O2/c1-11-9-16(2)14(19)13(5-8-18)17(11)10-12-3-6-15-7-4-12/h3-4,6-7,11,13,18H,5,8-10H2,1-2H3. The number of hydrogen-bond acceptors (Lipinski definition) is 4. The van der Waals surface area contributed by atoms with E-state index in [-0.39, 0.29) is 24.6 Å². The van der Waals surface area contributed by atoms with Crippen LogP contribution in [0.5, 0.6) is 0 Å². The van der Waals surface area contributed by atoms with Gasteiger partial charge in [0.1, 0.15) is 0 Å². The summed E-state index contributed by atoms with van der Waals surface area (Å²) < 4.78 is 0. The van der Waals surface area contributed by atoms with Crippen LogP contribution in [0.3, 0.4) is 0 Å². The first-order chi connectivity index (χ1) is 9.13. The van der Waals surface area contributed by atoms with Gasteiger partial charge < -0.3 is 10.0 Å². The van der Waals surface area contributed by atoms with Crippen molar-refractivity contribution in [1.82, 2.24) is 14.8 Å². The quantitative estimate of drug-likeness (QED) is 0.859. The van der Waals surface area contributed by atoms with Crippen LogP contribution in [0.15, 0.2) is 24.5 Å². The van der Waals surface area contributed by atoms with Crippen LogP contribution in [0, 0.1) is 0 Å². The van der Waals surface area contributed by atoms with E-state index < -0.39 is 0 Å². The summed E-state index contributed by atoms with van der Waals surface area (Å²) in [4.78, 5) is 20.2. The van der Waals surface area contributed by atoms with Gasteiger partial charge in [-0.1, -0.05) is 0 Å². The number of carbonyl (C=O) groups is 1. The fraction of sp³-hybridized carbons (Fsp3) is 0.571. The number of amides is 1. The van der Waals surface area contributed by atoms with E-state index in [9.17, 15) is 9.90 Å². The van der Waals surface area contributed by atoms with E-state index in [1.165, 1.54) is 0 Å². The maximum Gasteiger partial charge on any atom is 0.239 e. The largest absolute Gasteiger partial charge is 0.396 e. The van der Waals surface area contributed by atoms with E-state index in [0.717, 1.165) is 12.1 Å². The van der Waals surface area contributed by atoms with Gasteiger partial charge >= 0.3 is 0 Å². The molecule has 19 heavy (non-hydrogen) atoms. The molecule has 0 radical (unpaired) electrons. The van der Waals surface area contributed by atoms with Gasteiger partial charge in [0.25, 0.3) is 0 Å². The van der Waals surface area contributed by atoms with Gasteiger partial charge in [-0.05, 0) is 31.0 Å². The lowest BCUT2D eigenvalue weighted by molar-refractivity contribution is -0.144. The molecular weight excluding hydrogens is 242 g/mol. The number of aliphatic hydroxyl groups is 1. The molecule has 2 rings (SSSR count). The van der Waals surface area contributed by atoms with Gasteiger partial charge in [0.15, 0.2) is 0 Å². The van der Waals surface area contributed by atoms with E-state index in [0.29, 0.717) is 13.0 Å². The molecule has 0 spiro atoms. The highest BCUT2D eigenvalue weighted by Crippen LogP contribution is 2.21. The molecule has 1 aromatic rings. The average molecular weight is 263 g/mol. The van der Waals surface area contributed by atoms with Gasteiger partial charge in [-0.3, -0.25) is 14.7 Å². The molecule has 2 unspecified atom stereocenters. The minimum absolute atomic E-state index is 0.0316. The van der Waals surface area contributed by atoms with E-state index in [1.54, 1.807) is 17.3 Å². The molecule has 1 aliphatic heterocycles. The molecule has 1 amide bonds. The van der Waals surface area contributed by atoms with Crippen LogP contribution in [-0.2, 0) is 11.3 Å². The fourth-order valence-electron chi connectivity index (χ4n) is 2.67. The van der Waals surface area contributed by atoms with Crippen LogP contribution in [0.4, 0.5) is 0 Å². The summed E-state index contributed by atoms with van der Waals surface area (Å²) in [5, 5.41) is 9.19. The third kappa shape index (κ3) is 3.11. The Kier molecular flexibility index (Phi) is 4.50. The van der Waals surface area contributed by atoms with Gasteiger partial charge in [-0.2, -0.15) is 0 Å². The normalized spacial score (nSPS) is 24.8. The Labute approximate surface area is 113 Å². The van der Waals surface area contributed by atoms with Crippen LogP contribution in [0.2, 0.25) is 0 Å². The Bertz CT molecular complexity index is 424. The van der Waals surface area contributed by atoms with Crippen LogP contribution in [0.25, 0.3) is 0 Å². The van der Waals surface area contributed by atoms with Crippen molar-refractivity contribution in [3.63, 3.8) is 0 Å². The molecule has 0 saturated carbocycles. The first kappa shape index (κ1) is 14.0. The number of aliphatic hydroxyl groups excluding tert-OH is 1. The van der Waals surface area contributed by atoms with E-state index in [4.69, 9.17) is 0 Å². The first-order valence-corrected chi connectivity index (χ1v) is 6.64. The van der Waals surface area contributed by atoms with Crippen molar-refractivity contribution >= 4 is 5.91 Å². The van der Waals surface area contributed by atoms with Crippen LogP contribution in [-0.4, -0.2) is 58.1 Å². The molecule has 2 atom stereocenters. The highest BCUT2D eigenvalue weighted by Gasteiger charge is 2.36. The molecule has 1 fully saturated rings.